The first-order chi connectivity index (χ1) is 14.4. The zero-order valence-electron chi connectivity index (χ0n) is 18.4. The molecule has 3 saturated carbocycles. The second-order valence-electron chi connectivity index (χ2n) is 10.9. The summed E-state index contributed by atoms with van der Waals surface area (Å²) in [7, 11) is 0. The zero-order chi connectivity index (χ0) is 22.6. The summed E-state index contributed by atoms with van der Waals surface area (Å²) < 4.78 is 29.7. The highest BCUT2D eigenvalue weighted by molar-refractivity contribution is 6.29. The van der Waals surface area contributed by atoms with Gasteiger partial charge in [-0.05, 0) is 64.5 Å². The minimum absolute atomic E-state index is 0.0634. The van der Waals surface area contributed by atoms with Crippen LogP contribution in [0.4, 0.5) is 4.39 Å². The Morgan fingerprint density at radius 3 is 2.68 bits per heavy atom. The van der Waals surface area contributed by atoms with E-state index in [1.165, 1.54) is 12.2 Å². The summed E-state index contributed by atoms with van der Waals surface area (Å²) in [6.45, 7) is 7.26. The molecule has 0 aromatic carbocycles. The molecule has 7 heteroatoms. The average molecular weight is 453 g/mol. The van der Waals surface area contributed by atoms with E-state index in [1.54, 1.807) is 26.8 Å². The predicted molar refractivity (Wildman–Crippen MR) is 112 cm³/mol. The summed E-state index contributed by atoms with van der Waals surface area (Å²) in [6, 6.07) is 0. The predicted octanol–water partition coefficient (Wildman–Crippen LogP) is 3.67. The highest BCUT2D eigenvalue weighted by Gasteiger charge is 2.79. The Kier molecular flexibility index (Phi) is 4.41. The number of fused-ring (bicyclic) bond motifs is 7. The molecule has 1 saturated heterocycles. The maximum absolute atomic E-state index is 17.2. The van der Waals surface area contributed by atoms with E-state index in [1.807, 2.05) is 6.92 Å². The number of halogens is 2. The third-order valence-corrected chi connectivity index (χ3v) is 9.41. The molecule has 0 aromatic rings. The summed E-state index contributed by atoms with van der Waals surface area (Å²) in [5.41, 5.74) is -4.39. The van der Waals surface area contributed by atoms with Crippen molar-refractivity contribution in [3.63, 3.8) is 0 Å². The Balaban J connectivity index is 1.64. The van der Waals surface area contributed by atoms with Gasteiger partial charge in [-0.15, -0.1) is 11.6 Å². The molecule has 4 aliphatic carbocycles. The van der Waals surface area contributed by atoms with Gasteiger partial charge in [0.15, 0.2) is 28.6 Å². The van der Waals surface area contributed by atoms with E-state index < -0.39 is 46.0 Å². The van der Waals surface area contributed by atoms with Crippen LogP contribution in [0, 0.1) is 22.7 Å². The fourth-order valence-electron chi connectivity index (χ4n) is 7.91. The molecule has 4 fully saturated rings. The van der Waals surface area contributed by atoms with Crippen molar-refractivity contribution in [1.82, 2.24) is 0 Å². The number of carbonyl (C=O) groups excluding carboxylic acids is 2. The first kappa shape index (κ1) is 21.7. The monoisotopic (exact) mass is 452 g/mol. The quantitative estimate of drug-likeness (QED) is 0.647. The normalized spacial score (nSPS) is 52.1. The number of ketones is 2. The van der Waals surface area contributed by atoms with E-state index in [9.17, 15) is 14.7 Å². The molecule has 1 aliphatic heterocycles. The Morgan fingerprint density at radius 2 is 2.00 bits per heavy atom. The lowest BCUT2D eigenvalue weighted by Crippen LogP contribution is -2.69. The van der Waals surface area contributed by atoms with E-state index in [0.29, 0.717) is 19.3 Å². The lowest BCUT2D eigenvalue weighted by atomic mass is 9.44. The molecule has 5 aliphatic rings. The second kappa shape index (κ2) is 6.28. The van der Waals surface area contributed by atoms with Crippen LogP contribution >= 0.6 is 11.6 Å². The van der Waals surface area contributed by atoms with Crippen LogP contribution in [-0.4, -0.2) is 51.8 Å². The lowest BCUT2D eigenvalue weighted by Gasteiger charge is -2.62. The second-order valence-corrected chi connectivity index (χ2v) is 11.2. The SMILES string of the molecule is CC1(C)O[C@H]2C[C@H]3[C@@H]4CCC5=CC(=O)C=C[C@]5(C)C4(F)[C@@H](O)C[C@]3(C)[C@]2(C(=O)CCl)O1. The van der Waals surface area contributed by atoms with Crippen LogP contribution in [0.5, 0.6) is 0 Å². The van der Waals surface area contributed by atoms with E-state index in [-0.39, 0.29) is 29.8 Å². The standard InChI is InChI=1S/C24H30ClFO5/c1-20(2)30-19-10-16-15-6-5-13-9-14(27)7-8-21(13,3)23(15,26)17(28)11-22(16,4)24(19,31-20)18(29)12-25/h7-9,15-17,19,28H,5-6,10-12H2,1-4H3/t15-,16-,17-,19-,21-,22-,23?,24+/m0/s1. The molecule has 0 amide bonds. The fraction of sp³-hybridized carbons (Fsp3) is 0.750. The number of rotatable bonds is 2. The fourth-order valence-corrected chi connectivity index (χ4v) is 8.11. The van der Waals surface area contributed by atoms with E-state index in [0.717, 1.165) is 5.57 Å². The molecule has 1 heterocycles. The number of aliphatic hydroxyl groups is 1. The molecule has 31 heavy (non-hydrogen) atoms. The Bertz CT molecular complexity index is 929. The van der Waals surface area contributed by atoms with Gasteiger partial charge in [-0.2, -0.15) is 0 Å². The molecule has 170 valence electrons. The summed E-state index contributed by atoms with van der Waals surface area (Å²) in [4.78, 5) is 25.2. The molecule has 0 aromatic heterocycles. The Morgan fingerprint density at radius 1 is 1.29 bits per heavy atom. The summed E-state index contributed by atoms with van der Waals surface area (Å²) in [5.74, 6) is -2.32. The van der Waals surface area contributed by atoms with Gasteiger partial charge in [0.05, 0.1) is 18.1 Å². The van der Waals surface area contributed by atoms with Crippen LogP contribution in [0.3, 0.4) is 0 Å². The van der Waals surface area contributed by atoms with Gasteiger partial charge >= 0.3 is 0 Å². The Hall–Kier alpha value is -1.08. The van der Waals surface area contributed by atoms with E-state index in [2.05, 4.69) is 0 Å². The van der Waals surface area contributed by atoms with Gasteiger partial charge in [0.25, 0.3) is 0 Å². The van der Waals surface area contributed by atoms with Crippen LogP contribution < -0.4 is 0 Å². The molecule has 5 rings (SSSR count). The first-order valence-electron chi connectivity index (χ1n) is 11.1. The van der Waals surface area contributed by atoms with Crippen LogP contribution in [0.2, 0.25) is 0 Å². The highest BCUT2D eigenvalue weighted by Crippen LogP contribution is 2.72. The van der Waals surface area contributed by atoms with Crippen LogP contribution in [0.15, 0.2) is 23.8 Å². The summed E-state index contributed by atoms with van der Waals surface area (Å²) in [5, 5.41) is 11.4. The average Bonchev–Trinajstić information content (AvgIpc) is 3.09. The minimum atomic E-state index is -1.95. The van der Waals surface area contributed by atoms with Gasteiger partial charge in [0, 0.05) is 16.7 Å². The molecule has 5 nitrogen and oxygen atoms in total. The third kappa shape index (κ3) is 2.38. The Labute approximate surface area is 187 Å². The van der Waals surface area contributed by atoms with Gasteiger partial charge < -0.3 is 14.6 Å². The number of Topliss-reactive ketones (excluding diaryl/α,β-unsaturated/α-hetero) is 1. The third-order valence-electron chi connectivity index (χ3n) is 9.17. The molecular formula is C24H30ClFO5. The smallest absolute Gasteiger partial charge is 0.182 e. The van der Waals surface area contributed by atoms with Gasteiger partial charge in [-0.3, -0.25) is 9.59 Å². The van der Waals surface area contributed by atoms with Crippen molar-refractivity contribution >= 4 is 23.2 Å². The van der Waals surface area contributed by atoms with Crippen LogP contribution in [0.1, 0.15) is 53.4 Å². The topological polar surface area (TPSA) is 72.8 Å². The van der Waals surface area contributed by atoms with Gasteiger partial charge in [0.1, 0.15) is 0 Å². The highest BCUT2D eigenvalue weighted by atomic mass is 35.5. The van der Waals surface area contributed by atoms with Crippen LogP contribution in [-0.2, 0) is 19.1 Å². The van der Waals surface area contributed by atoms with E-state index >= 15 is 4.39 Å². The number of alkyl halides is 2. The molecular weight excluding hydrogens is 423 g/mol. The molecule has 0 radical (unpaired) electrons. The van der Waals surface area contributed by atoms with Crippen molar-refractivity contribution in [2.45, 2.75) is 82.6 Å². The molecule has 0 spiro atoms. The molecule has 0 bridgehead atoms. The first-order valence-corrected chi connectivity index (χ1v) is 11.7. The van der Waals surface area contributed by atoms with Crippen molar-refractivity contribution in [3.8, 4) is 0 Å². The van der Waals surface area contributed by atoms with Gasteiger partial charge in [-0.25, -0.2) is 4.39 Å². The van der Waals surface area contributed by atoms with Gasteiger partial charge in [-0.1, -0.05) is 18.6 Å². The summed E-state index contributed by atoms with van der Waals surface area (Å²) >= 11 is 6.04. The maximum atomic E-state index is 17.2. The van der Waals surface area contributed by atoms with Crippen molar-refractivity contribution in [2.24, 2.45) is 22.7 Å². The summed E-state index contributed by atoms with van der Waals surface area (Å²) in [6.07, 6.45) is 4.32. The van der Waals surface area contributed by atoms with Crippen molar-refractivity contribution < 1.29 is 28.6 Å². The zero-order valence-corrected chi connectivity index (χ0v) is 19.2. The van der Waals surface area contributed by atoms with Crippen molar-refractivity contribution in [3.05, 3.63) is 23.8 Å². The number of ether oxygens (including phenoxy) is 2. The largest absolute Gasteiger partial charge is 0.390 e. The minimum Gasteiger partial charge on any atom is -0.390 e. The molecule has 8 atom stereocenters. The molecule has 1 N–H and O–H groups in total. The number of allylic oxidation sites excluding steroid dienone is 4. The lowest BCUT2D eigenvalue weighted by molar-refractivity contribution is -0.245. The number of carbonyl (C=O) groups is 2. The molecule has 1 unspecified atom stereocenters. The van der Waals surface area contributed by atoms with Gasteiger partial charge in [0.2, 0.25) is 0 Å². The van der Waals surface area contributed by atoms with Crippen molar-refractivity contribution in [2.75, 3.05) is 5.88 Å². The number of hydrogen-bond donors (Lipinski definition) is 1. The number of hydrogen-bond acceptors (Lipinski definition) is 5. The van der Waals surface area contributed by atoms with E-state index in [4.69, 9.17) is 21.1 Å². The maximum Gasteiger partial charge on any atom is 0.182 e. The van der Waals surface area contributed by atoms with Crippen LogP contribution in [0.25, 0.3) is 0 Å². The number of aliphatic hydroxyl groups excluding tert-OH is 1. The van der Waals surface area contributed by atoms with Crippen molar-refractivity contribution in [1.29, 1.82) is 0 Å².